The van der Waals surface area contributed by atoms with E-state index in [-0.39, 0.29) is 11.8 Å². The SMILES string of the molecule is CCNC(=NCc1ccc(OCC)c(OC)c1)NCCNC(=O)C1CC1. The molecule has 1 aromatic rings. The van der Waals surface area contributed by atoms with Crippen molar-refractivity contribution in [3.63, 3.8) is 0 Å². The molecule has 7 nitrogen and oxygen atoms in total. The van der Waals surface area contributed by atoms with E-state index < -0.39 is 0 Å². The largest absolute Gasteiger partial charge is 0.493 e. The molecule has 0 spiro atoms. The van der Waals surface area contributed by atoms with Crippen LogP contribution in [0.5, 0.6) is 11.5 Å². The van der Waals surface area contributed by atoms with Crippen LogP contribution in [0.4, 0.5) is 0 Å². The van der Waals surface area contributed by atoms with Crippen LogP contribution in [-0.2, 0) is 11.3 Å². The summed E-state index contributed by atoms with van der Waals surface area (Å²) in [5, 5.41) is 9.38. The molecule has 0 saturated heterocycles. The Morgan fingerprint density at radius 3 is 2.58 bits per heavy atom. The smallest absolute Gasteiger partial charge is 0.223 e. The molecule has 3 N–H and O–H groups in total. The lowest BCUT2D eigenvalue weighted by molar-refractivity contribution is -0.122. The maximum Gasteiger partial charge on any atom is 0.223 e. The predicted octanol–water partition coefficient (Wildman–Crippen LogP) is 1.68. The zero-order chi connectivity index (χ0) is 18.8. The average molecular weight is 362 g/mol. The van der Waals surface area contributed by atoms with E-state index in [1.54, 1.807) is 7.11 Å². The maximum absolute atomic E-state index is 11.6. The van der Waals surface area contributed by atoms with E-state index in [4.69, 9.17) is 9.47 Å². The number of carbonyl (C=O) groups is 1. The second kappa shape index (κ2) is 10.5. The van der Waals surface area contributed by atoms with Crippen LogP contribution in [0.1, 0.15) is 32.3 Å². The molecule has 1 aliphatic rings. The molecule has 1 aliphatic carbocycles. The van der Waals surface area contributed by atoms with Crippen LogP contribution in [0.25, 0.3) is 0 Å². The van der Waals surface area contributed by atoms with E-state index in [0.29, 0.717) is 32.0 Å². The highest BCUT2D eigenvalue weighted by Crippen LogP contribution is 2.29. The van der Waals surface area contributed by atoms with Crippen LogP contribution in [0, 0.1) is 5.92 Å². The molecule has 7 heteroatoms. The number of guanidine groups is 1. The number of rotatable bonds is 10. The minimum absolute atomic E-state index is 0.162. The molecule has 0 bridgehead atoms. The summed E-state index contributed by atoms with van der Waals surface area (Å²) in [5.74, 6) is 2.57. The molecule has 1 saturated carbocycles. The summed E-state index contributed by atoms with van der Waals surface area (Å²) in [5.41, 5.74) is 1.03. The quantitative estimate of drug-likeness (QED) is 0.335. The Balaban J connectivity index is 1.85. The Labute approximate surface area is 155 Å². The number of ether oxygens (including phenoxy) is 2. The topological polar surface area (TPSA) is 84.0 Å². The first kappa shape index (κ1) is 19.9. The van der Waals surface area contributed by atoms with E-state index in [1.165, 1.54) is 0 Å². The van der Waals surface area contributed by atoms with Crippen molar-refractivity contribution in [2.45, 2.75) is 33.2 Å². The molecule has 26 heavy (non-hydrogen) atoms. The third kappa shape index (κ3) is 6.46. The molecule has 0 aliphatic heterocycles. The molecule has 1 fully saturated rings. The minimum Gasteiger partial charge on any atom is -0.493 e. The van der Waals surface area contributed by atoms with E-state index in [9.17, 15) is 4.79 Å². The fraction of sp³-hybridized carbons (Fsp3) is 0.579. The number of carbonyl (C=O) groups excluding carboxylic acids is 1. The second-order valence-corrected chi connectivity index (χ2v) is 6.11. The van der Waals surface area contributed by atoms with Crippen LogP contribution in [-0.4, -0.2) is 45.2 Å². The first-order valence-corrected chi connectivity index (χ1v) is 9.27. The van der Waals surface area contributed by atoms with Gasteiger partial charge in [0.2, 0.25) is 5.91 Å². The Morgan fingerprint density at radius 1 is 1.15 bits per heavy atom. The minimum atomic E-state index is 0.162. The van der Waals surface area contributed by atoms with Gasteiger partial charge in [0.15, 0.2) is 17.5 Å². The molecular formula is C19H30N4O3. The average Bonchev–Trinajstić information content (AvgIpc) is 3.49. The van der Waals surface area contributed by atoms with Crippen molar-refractivity contribution in [1.29, 1.82) is 0 Å². The van der Waals surface area contributed by atoms with Gasteiger partial charge in [-0.05, 0) is 44.4 Å². The predicted molar refractivity (Wildman–Crippen MR) is 103 cm³/mol. The maximum atomic E-state index is 11.6. The number of hydrogen-bond donors (Lipinski definition) is 3. The van der Waals surface area contributed by atoms with Gasteiger partial charge in [-0.2, -0.15) is 0 Å². The summed E-state index contributed by atoms with van der Waals surface area (Å²) in [6.45, 7) is 7.08. The molecule has 0 heterocycles. The number of methoxy groups -OCH3 is 1. The lowest BCUT2D eigenvalue weighted by Crippen LogP contribution is -2.41. The third-order valence-corrected chi connectivity index (χ3v) is 3.96. The summed E-state index contributed by atoms with van der Waals surface area (Å²) < 4.78 is 10.9. The van der Waals surface area contributed by atoms with Crippen LogP contribution >= 0.6 is 0 Å². The monoisotopic (exact) mass is 362 g/mol. The molecular weight excluding hydrogens is 332 g/mol. The van der Waals surface area contributed by atoms with E-state index in [2.05, 4.69) is 20.9 Å². The van der Waals surface area contributed by atoms with E-state index in [0.717, 1.165) is 36.7 Å². The number of nitrogens with zero attached hydrogens (tertiary/aromatic N) is 1. The van der Waals surface area contributed by atoms with Crippen molar-refractivity contribution in [3.05, 3.63) is 23.8 Å². The van der Waals surface area contributed by atoms with Gasteiger partial charge in [-0.1, -0.05) is 6.07 Å². The Hall–Kier alpha value is -2.44. The van der Waals surface area contributed by atoms with E-state index in [1.807, 2.05) is 32.0 Å². The summed E-state index contributed by atoms with van der Waals surface area (Å²) in [7, 11) is 1.63. The molecule has 1 aromatic carbocycles. The molecule has 0 unspecified atom stereocenters. The van der Waals surface area contributed by atoms with Gasteiger partial charge in [-0.15, -0.1) is 0 Å². The van der Waals surface area contributed by atoms with Gasteiger partial charge in [0.1, 0.15) is 0 Å². The standard InChI is InChI=1S/C19H30N4O3/c1-4-20-19(22-11-10-21-18(24)15-7-8-15)23-13-14-6-9-16(26-5-2)17(12-14)25-3/h6,9,12,15H,4-5,7-8,10-11,13H2,1-3H3,(H,21,24)(H2,20,22,23). The highest BCUT2D eigenvalue weighted by molar-refractivity contribution is 5.81. The lowest BCUT2D eigenvalue weighted by atomic mass is 10.2. The van der Waals surface area contributed by atoms with Crippen LogP contribution in [0.2, 0.25) is 0 Å². The Morgan fingerprint density at radius 2 is 1.92 bits per heavy atom. The molecule has 0 aromatic heterocycles. The number of benzene rings is 1. The highest BCUT2D eigenvalue weighted by atomic mass is 16.5. The van der Waals surface area contributed by atoms with Crippen molar-refractivity contribution >= 4 is 11.9 Å². The van der Waals surface area contributed by atoms with Gasteiger partial charge >= 0.3 is 0 Å². The molecule has 0 radical (unpaired) electrons. The fourth-order valence-electron chi connectivity index (χ4n) is 2.45. The molecule has 0 atom stereocenters. The fourth-order valence-corrected chi connectivity index (χ4v) is 2.45. The zero-order valence-corrected chi connectivity index (χ0v) is 15.9. The zero-order valence-electron chi connectivity index (χ0n) is 15.9. The summed E-state index contributed by atoms with van der Waals surface area (Å²) >= 11 is 0. The van der Waals surface area contributed by atoms with Gasteiger partial charge in [-0.3, -0.25) is 4.79 Å². The van der Waals surface area contributed by atoms with Gasteiger partial charge in [0.05, 0.1) is 20.3 Å². The number of nitrogens with one attached hydrogen (secondary N) is 3. The third-order valence-electron chi connectivity index (χ3n) is 3.96. The Kier molecular flexibility index (Phi) is 8.05. The molecule has 144 valence electrons. The number of aliphatic imine (C=N–C) groups is 1. The Bertz CT molecular complexity index is 615. The second-order valence-electron chi connectivity index (χ2n) is 6.11. The first-order chi connectivity index (χ1) is 12.7. The van der Waals surface area contributed by atoms with Gasteiger partial charge in [0, 0.05) is 25.6 Å². The van der Waals surface area contributed by atoms with Crippen LogP contribution < -0.4 is 25.4 Å². The van der Waals surface area contributed by atoms with Crippen molar-refractivity contribution in [2.24, 2.45) is 10.9 Å². The highest BCUT2D eigenvalue weighted by Gasteiger charge is 2.28. The van der Waals surface area contributed by atoms with Crippen LogP contribution in [0.15, 0.2) is 23.2 Å². The van der Waals surface area contributed by atoms with Gasteiger partial charge in [-0.25, -0.2) is 4.99 Å². The van der Waals surface area contributed by atoms with Crippen molar-refractivity contribution in [2.75, 3.05) is 33.4 Å². The normalized spacial score (nSPS) is 13.9. The number of amides is 1. The van der Waals surface area contributed by atoms with E-state index >= 15 is 0 Å². The summed E-state index contributed by atoms with van der Waals surface area (Å²) in [6, 6.07) is 5.82. The van der Waals surface area contributed by atoms with Crippen molar-refractivity contribution in [3.8, 4) is 11.5 Å². The van der Waals surface area contributed by atoms with Crippen LogP contribution in [0.3, 0.4) is 0 Å². The number of hydrogen-bond acceptors (Lipinski definition) is 4. The van der Waals surface area contributed by atoms with Crippen molar-refractivity contribution in [1.82, 2.24) is 16.0 Å². The van der Waals surface area contributed by atoms with Gasteiger partial charge < -0.3 is 25.4 Å². The first-order valence-electron chi connectivity index (χ1n) is 9.27. The van der Waals surface area contributed by atoms with Gasteiger partial charge in [0.25, 0.3) is 0 Å². The summed E-state index contributed by atoms with van der Waals surface area (Å²) in [6.07, 6.45) is 2.05. The van der Waals surface area contributed by atoms with Crippen molar-refractivity contribution < 1.29 is 14.3 Å². The molecule has 2 rings (SSSR count). The summed E-state index contributed by atoms with van der Waals surface area (Å²) in [4.78, 5) is 16.2. The molecule has 1 amide bonds. The lowest BCUT2D eigenvalue weighted by Gasteiger charge is -2.13.